The Kier molecular flexibility index (Phi) is 7.21. The molecule has 1 fully saturated rings. The normalized spacial score (nSPS) is 15.9. The van der Waals surface area contributed by atoms with Gasteiger partial charge in [-0.25, -0.2) is 4.39 Å². The standard InChI is InChI=1S/C15H21FN4OS/c16-14-4-1-3-13(11-14)12-18-19-15(22)17-5-2-6-20-7-9-21-10-8-20/h1,3-4,11-12H,2,5-10H2,(H2,17,19,22)/p+1/b18-12-. The maximum atomic E-state index is 13.0. The fourth-order valence-corrected chi connectivity index (χ4v) is 2.40. The van der Waals surface area contributed by atoms with Crippen LogP contribution in [0.3, 0.4) is 0 Å². The average molecular weight is 325 g/mol. The van der Waals surface area contributed by atoms with Gasteiger partial charge in [-0.15, -0.1) is 0 Å². The minimum absolute atomic E-state index is 0.282. The van der Waals surface area contributed by atoms with Crippen molar-refractivity contribution in [2.24, 2.45) is 5.10 Å². The van der Waals surface area contributed by atoms with E-state index in [0.29, 0.717) is 10.7 Å². The molecule has 120 valence electrons. The first-order chi connectivity index (χ1) is 10.7. The van der Waals surface area contributed by atoms with E-state index in [-0.39, 0.29) is 5.82 Å². The Morgan fingerprint density at radius 1 is 1.41 bits per heavy atom. The number of hydrazone groups is 1. The Hall–Kier alpha value is -1.57. The molecular formula is C15H22FN4OS+. The first-order valence-electron chi connectivity index (χ1n) is 7.48. The molecule has 1 aromatic rings. The summed E-state index contributed by atoms with van der Waals surface area (Å²) in [7, 11) is 0. The average Bonchev–Trinajstić information content (AvgIpc) is 2.53. The van der Waals surface area contributed by atoms with Gasteiger partial charge in [-0.2, -0.15) is 5.10 Å². The lowest BCUT2D eigenvalue weighted by molar-refractivity contribution is -0.908. The quantitative estimate of drug-likeness (QED) is 0.297. The van der Waals surface area contributed by atoms with Crippen LogP contribution in [-0.2, 0) is 4.74 Å². The van der Waals surface area contributed by atoms with E-state index in [1.807, 2.05) is 0 Å². The molecule has 0 radical (unpaired) electrons. The maximum absolute atomic E-state index is 13.0. The van der Waals surface area contributed by atoms with E-state index < -0.39 is 0 Å². The smallest absolute Gasteiger partial charge is 0.186 e. The van der Waals surface area contributed by atoms with Gasteiger partial charge in [-0.3, -0.25) is 5.43 Å². The number of ether oxygens (including phenoxy) is 1. The summed E-state index contributed by atoms with van der Waals surface area (Å²) in [6.07, 6.45) is 2.58. The highest BCUT2D eigenvalue weighted by atomic mass is 32.1. The van der Waals surface area contributed by atoms with Gasteiger partial charge in [-0.05, 0) is 29.9 Å². The van der Waals surface area contributed by atoms with Crippen LogP contribution in [0.4, 0.5) is 4.39 Å². The van der Waals surface area contributed by atoms with Crippen LogP contribution in [0.25, 0.3) is 0 Å². The number of hydrogen-bond acceptors (Lipinski definition) is 3. The van der Waals surface area contributed by atoms with Gasteiger partial charge in [0.2, 0.25) is 0 Å². The van der Waals surface area contributed by atoms with Crippen molar-refractivity contribution in [3.05, 3.63) is 35.6 Å². The van der Waals surface area contributed by atoms with E-state index in [1.54, 1.807) is 17.0 Å². The van der Waals surface area contributed by atoms with Gasteiger partial charge in [0, 0.05) is 13.0 Å². The maximum Gasteiger partial charge on any atom is 0.186 e. The predicted octanol–water partition coefficient (Wildman–Crippen LogP) is -0.0711. The van der Waals surface area contributed by atoms with Gasteiger partial charge in [0.15, 0.2) is 5.11 Å². The second-order valence-corrected chi connectivity index (χ2v) is 5.56. The van der Waals surface area contributed by atoms with E-state index in [9.17, 15) is 4.39 Å². The van der Waals surface area contributed by atoms with E-state index in [4.69, 9.17) is 17.0 Å². The molecule has 7 heteroatoms. The summed E-state index contributed by atoms with van der Waals surface area (Å²) in [4.78, 5) is 1.58. The van der Waals surface area contributed by atoms with Crippen molar-refractivity contribution in [1.82, 2.24) is 10.7 Å². The van der Waals surface area contributed by atoms with Crippen molar-refractivity contribution < 1.29 is 14.0 Å². The first-order valence-corrected chi connectivity index (χ1v) is 7.88. The minimum atomic E-state index is -0.282. The highest BCUT2D eigenvalue weighted by molar-refractivity contribution is 7.80. The van der Waals surface area contributed by atoms with Crippen molar-refractivity contribution in [3.63, 3.8) is 0 Å². The van der Waals surface area contributed by atoms with E-state index in [0.717, 1.165) is 45.8 Å². The molecule has 2 rings (SSSR count). The third-order valence-corrected chi connectivity index (χ3v) is 3.66. The Morgan fingerprint density at radius 3 is 3.00 bits per heavy atom. The molecule has 1 aliphatic rings. The number of nitrogens with one attached hydrogen (secondary N) is 3. The van der Waals surface area contributed by atoms with Crippen LogP contribution in [0.5, 0.6) is 0 Å². The van der Waals surface area contributed by atoms with Gasteiger partial charge in [-0.1, -0.05) is 12.1 Å². The summed E-state index contributed by atoms with van der Waals surface area (Å²) >= 11 is 5.13. The molecule has 0 aliphatic carbocycles. The summed E-state index contributed by atoms with van der Waals surface area (Å²) in [5, 5.41) is 7.57. The molecule has 1 saturated heterocycles. The topological polar surface area (TPSA) is 50.1 Å². The Morgan fingerprint density at radius 2 is 2.23 bits per heavy atom. The lowest BCUT2D eigenvalue weighted by Crippen LogP contribution is -3.14. The molecule has 0 unspecified atom stereocenters. The van der Waals surface area contributed by atoms with Gasteiger partial charge >= 0.3 is 0 Å². The van der Waals surface area contributed by atoms with Gasteiger partial charge in [0.25, 0.3) is 0 Å². The number of hydrogen-bond donors (Lipinski definition) is 3. The van der Waals surface area contributed by atoms with Crippen LogP contribution >= 0.6 is 12.2 Å². The summed E-state index contributed by atoms with van der Waals surface area (Å²) in [6, 6.07) is 6.22. The summed E-state index contributed by atoms with van der Waals surface area (Å²) in [5.74, 6) is -0.282. The van der Waals surface area contributed by atoms with Gasteiger partial charge < -0.3 is 15.0 Å². The van der Waals surface area contributed by atoms with Crippen LogP contribution in [0.1, 0.15) is 12.0 Å². The number of morpholine rings is 1. The zero-order chi connectivity index (χ0) is 15.6. The van der Waals surface area contributed by atoms with Crippen molar-refractivity contribution >= 4 is 23.5 Å². The summed E-state index contributed by atoms with van der Waals surface area (Å²) in [5.41, 5.74) is 3.42. The van der Waals surface area contributed by atoms with Crippen molar-refractivity contribution in [2.45, 2.75) is 6.42 Å². The third-order valence-electron chi connectivity index (χ3n) is 3.42. The fraction of sp³-hybridized carbons (Fsp3) is 0.467. The molecule has 3 N–H and O–H groups in total. The number of nitrogens with zero attached hydrogens (tertiary/aromatic N) is 1. The van der Waals surface area contributed by atoms with E-state index >= 15 is 0 Å². The minimum Gasteiger partial charge on any atom is -0.370 e. The molecule has 22 heavy (non-hydrogen) atoms. The molecule has 1 aliphatic heterocycles. The zero-order valence-electron chi connectivity index (χ0n) is 12.5. The lowest BCUT2D eigenvalue weighted by atomic mass is 10.2. The van der Waals surface area contributed by atoms with Crippen LogP contribution in [0, 0.1) is 5.82 Å². The number of rotatable bonds is 6. The molecule has 0 spiro atoms. The Labute approximate surface area is 135 Å². The molecule has 5 nitrogen and oxygen atoms in total. The molecule has 1 heterocycles. The number of benzene rings is 1. The number of halogens is 1. The van der Waals surface area contributed by atoms with Crippen LogP contribution in [0.15, 0.2) is 29.4 Å². The van der Waals surface area contributed by atoms with E-state index in [1.165, 1.54) is 18.3 Å². The SMILES string of the molecule is Fc1cccc(/C=N\NC(=S)NCCC[NH+]2CCOCC2)c1. The molecule has 0 amide bonds. The molecular weight excluding hydrogens is 303 g/mol. The molecule has 0 bridgehead atoms. The van der Waals surface area contributed by atoms with Crippen molar-refractivity contribution in [3.8, 4) is 0 Å². The monoisotopic (exact) mass is 325 g/mol. The van der Waals surface area contributed by atoms with E-state index in [2.05, 4.69) is 15.8 Å². The molecule has 0 saturated carbocycles. The summed E-state index contributed by atoms with van der Waals surface area (Å²) < 4.78 is 18.3. The van der Waals surface area contributed by atoms with Crippen LogP contribution in [-0.4, -0.2) is 50.7 Å². The van der Waals surface area contributed by atoms with Gasteiger partial charge in [0.1, 0.15) is 18.9 Å². The second kappa shape index (κ2) is 9.45. The highest BCUT2D eigenvalue weighted by Crippen LogP contribution is 1.99. The van der Waals surface area contributed by atoms with Crippen molar-refractivity contribution in [2.75, 3.05) is 39.4 Å². The van der Waals surface area contributed by atoms with Crippen molar-refractivity contribution in [1.29, 1.82) is 0 Å². The Bertz CT molecular complexity index is 506. The lowest BCUT2D eigenvalue weighted by Gasteiger charge is -2.23. The highest BCUT2D eigenvalue weighted by Gasteiger charge is 2.12. The largest absolute Gasteiger partial charge is 0.370 e. The predicted molar refractivity (Wildman–Crippen MR) is 88.7 cm³/mol. The molecule has 1 aromatic carbocycles. The Balaban J connectivity index is 1.57. The van der Waals surface area contributed by atoms with Gasteiger partial charge in [0.05, 0.1) is 26.0 Å². The molecule has 0 atom stereocenters. The van der Waals surface area contributed by atoms with Crippen LogP contribution < -0.4 is 15.6 Å². The number of thiocarbonyl (C=S) groups is 1. The second-order valence-electron chi connectivity index (χ2n) is 5.15. The number of quaternary nitrogens is 1. The first kappa shape index (κ1) is 16.8. The third kappa shape index (κ3) is 6.46. The zero-order valence-corrected chi connectivity index (χ0v) is 13.3. The molecule has 0 aromatic heterocycles. The fourth-order valence-electron chi connectivity index (χ4n) is 2.24. The van der Waals surface area contributed by atoms with Crippen LogP contribution in [0.2, 0.25) is 0 Å². The summed E-state index contributed by atoms with van der Waals surface area (Å²) in [6.45, 7) is 5.81.